The molecule has 0 aliphatic heterocycles. The molecule has 2 N–H and O–H groups in total. The maximum Gasteiger partial charge on any atom is 0.180 e. The number of nitrogens with zero attached hydrogens (tertiary/aromatic N) is 4. The summed E-state index contributed by atoms with van der Waals surface area (Å²) in [4.78, 5) is 8.35. The Balaban J connectivity index is 2.19. The fourth-order valence-electron chi connectivity index (χ4n) is 1.36. The largest absolute Gasteiger partial charge is 0.375 e. The summed E-state index contributed by atoms with van der Waals surface area (Å²) in [5, 5.41) is 6.78. The van der Waals surface area contributed by atoms with E-state index in [1.807, 2.05) is 23.7 Å². The molecule has 0 spiro atoms. The highest BCUT2D eigenvalue weighted by Gasteiger charge is 2.07. The molecule has 15 heavy (non-hydrogen) atoms. The summed E-state index contributed by atoms with van der Waals surface area (Å²) >= 11 is 1.41. The van der Waals surface area contributed by atoms with Gasteiger partial charge in [0.1, 0.15) is 11.4 Å². The van der Waals surface area contributed by atoms with Gasteiger partial charge in [-0.2, -0.15) is 5.10 Å². The lowest BCUT2D eigenvalue weighted by molar-refractivity contribution is 0.941. The number of rotatable bonds is 1. The van der Waals surface area contributed by atoms with E-state index in [0.29, 0.717) is 5.13 Å². The van der Waals surface area contributed by atoms with Crippen molar-refractivity contribution in [1.82, 2.24) is 19.6 Å². The fraction of sp³-hybridized carbons (Fsp3) is 0. The lowest BCUT2D eigenvalue weighted by atomic mass is 10.3. The quantitative estimate of drug-likeness (QED) is 0.669. The van der Waals surface area contributed by atoms with Crippen LogP contribution in [0.5, 0.6) is 0 Å². The number of hydrogen-bond donors (Lipinski definition) is 1. The molecule has 3 heterocycles. The number of thiazole rings is 1. The van der Waals surface area contributed by atoms with Crippen molar-refractivity contribution in [1.29, 1.82) is 0 Å². The van der Waals surface area contributed by atoms with Crippen LogP contribution in [-0.4, -0.2) is 19.6 Å². The predicted octanol–water partition coefficient (Wildman–Crippen LogP) is 1.43. The lowest BCUT2D eigenvalue weighted by Crippen LogP contribution is -1.87. The molecule has 0 saturated heterocycles. The molecular formula is C9H7N5S. The number of aromatic nitrogens is 4. The fourth-order valence-corrected chi connectivity index (χ4v) is 1.92. The summed E-state index contributed by atoms with van der Waals surface area (Å²) in [5.41, 5.74) is 7.96. The molecular weight excluding hydrogens is 210 g/mol. The van der Waals surface area contributed by atoms with Crippen molar-refractivity contribution in [2.75, 3.05) is 5.73 Å². The van der Waals surface area contributed by atoms with Crippen LogP contribution in [-0.2, 0) is 0 Å². The van der Waals surface area contributed by atoms with Crippen LogP contribution in [0.3, 0.4) is 0 Å². The second-order valence-electron chi connectivity index (χ2n) is 3.02. The molecule has 3 rings (SSSR count). The summed E-state index contributed by atoms with van der Waals surface area (Å²) in [7, 11) is 0. The summed E-state index contributed by atoms with van der Waals surface area (Å²) in [6.07, 6.45) is 3.58. The van der Waals surface area contributed by atoms with Gasteiger partial charge >= 0.3 is 0 Å². The molecule has 0 aliphatic carbocycles. The van der Waals surface area contributed by atoms with Crippen molar-refractivity contribution in [3.63, 3.8) is 0 Å². The molecule has 0 atom stereocenters. The van der Waals surface area contributed by atoms with Crippen LogP contribution in [0.25, 0.3) is 17.0 Å². The zero-order chi connectivity index (χ0) is 10.3. The van der Waals surface area contributed by atoms with Gasteiger partial charge in [-0.1, -0.05) is 0 Å². The maximum atomic E-state index is 5.57. The zero-order valence-corrected chi connectivity index (χ0v) is 8.48. The van der Waals surface area contributed by atoms with Crippen LogP contribution >= 0.6 is 11.3 Å². The van der Waals surface area contributed by atoms with Gasteiger partial charge in [0.25, 0.3) is 0 Å². The Kier molecular flexibility index (Phi) is 1.69. The first-order chi connectivity index (χ1) is 7.33. The van der Waals surface area contributed by atoms with Gasteiger partial charge in [-0.25, -0.2) is 14.5 Å². The van der Waals surface area contributed by atoms with E-state index in [0.717, 1.165) is 17.0 Å². The molecule has 0 saturated carbocycles. The van der Waals surface area contributed by atoms with Crippen LogP contribution in [0.2, 0.25) is 0 Å². The summed E-state index contributed by atoms with van der Waals surface area (Å²) in [5.74, 6) is 0. The van der Waals surface area contributed by atoms with Gasteiger partial charge in [0.05, 0.1) is 0 Å². The van der Waals surface area contributed by atoms with Gasteiger partial charge in [0, 0.05) is 23.8 Å². The van der Waals surface area contributed by atoms with Gasteiger partial charge in [-0.3, -0.25) is 0 Å². The van der Waals surface area contributed by atoms with Crippen molar-refractivity contribution in [2.24, 2.45) is 0 Å². The van der Waals surface area contributed by atoms with Crippen LogP contribution in [0.4, 0.5) is 5.13 Å². The Morgan fingerprint density at radius 3 is 3.00 bits per heavy atom. The Hall–Kier alpha value is -1.95. The van der Waals surface area contributed by atoms with Crippen molar-refractivity contribution in [2.45, 2.75) is 0 Å². The van der Waals surface area contributed by atoms with E-state index in [2.05, 4.69) is 15.1 Å². The normalized spacial score (nSPS) is 10.9. The van der Waals surface area contributed by atoms with Crippen LogP contribution < -0.4 is 5.73 Å². The minimum absolute atomic E-state index is 0.551. The van der Waals surface area contributed by atoms with Gasteiger partial charge in [-0.15, -0.1) is 11.3 Å². The van der Waals surface area contributed by atoms with Gasteiger partial charge in [0.2, 0.25) is 0 Å². The average Bonchev–Trinajstić information content (AvgIpc) is 2.82. The van der Waals surface area contributed by atoms with E-state index < -0.39 is 0 Å². The van der Waals surface area contributed by atoms with E-state index in [9.17, 15) is 0 Å². The van der Waals surface area contributed by atoms with Crippen LogP contribution in [0.15, 0.2) is 29.9 Å². The molecule has 6 heteroatoms. The number of nitrogens with two attached hydrogens (primary N) is 1. The topological polar surface area (TPSA) is 69.1 Å². The van der Waals surface area contributed by atoms with E-state index in [4.69, 9.17) is 5.73 Å². The second kappa shape index (κ2) is 3.03. The summed E-state index contributed by atoms with van der Waals surface area (Å²) < 4.78 is 1.71. The molecule has 5 nitrogen and oxygen atoms in total. The van der Waals surface area contributed by atoms with Gasteiger partial charge in [-0.05, 0) is 6.07 Å². The molecule has 3 aromatic heterocycles. The molecule has 74 valence electrons. The van der Waals surface area contributed by atoms with Crippen LogP contribution in [0.1, 0.15) is 0 Å². The van der Waals surface area contributed by atoms with Crippen molar-refractivity contribution >= 4 is 22.1 Å². The van der Waals surface area contributed by atoms with E-state index in [1.54, 1.807) is 10.7 Å². The monoisotopic (exact) mass is 217 g/mol. The lowest BCUT2D eigenvalue weighted by Gasteiger charge is -1.87. The molecule has 0 aliphatic rings. The third kappa shape index (κ3) is 1.35. The Morgan fingerprint density at radius 1 is 1.33 bits per heavy atom. The Labute approximate surface area is 89.2 Å². The smallest absolute Gasteiger partial charge is 0.180 e. The SMILES string of the molecule is Nc1nc(-c2cc3ncccn3n2)cs1. The third-order valence-electron chi connectivity index (χ3n) is 2.02. The highest BCUT2D eigenvalue weighted by molar-refractivity contribution is 7.13. The molecule has 0 bridgehead atoms. The van der Waals surface area contributed by atoms with Gasteiger partial charge in [0.15, 0.2) is 10.8 Å². The number of hydrogen-bond acceptors (Lipinski definition) is 5. The first kappa shape index (κ1) is 8.37. The Bertz CT molecular complexity index is 579. The van der Waals surface area contributed by atoms with Crippen molar-refractivity contribution in [3.8, 4) is 11.4 Å². The summed E-state index contributed by atoms with van der Waals surface area (Å²) in [6.45, 7) is 0. The highest BCUT2D eigenvalue weighted by Crippen LogP contribution is 2.22. The van der Waals surface area contributed by atoms with E-state index in [1.165, 1.54) is 11.3 Å². The minimum atomic E-state index is 0.551. The second-order valence-corrected chi connectivity index (χ2v) is 3.91. The van der Waals surface area contributed by atoms with Crippen molar-refractivity contribution in [3.05, 3.63) is 29.9 Å². The molecule has 0 fully saturated rings. The minimum Gasteiger partial charge on any atom is -0.375 e. The third-order valence-corrected chi connectivity index (χ3v) is 2.69. The zero-order valence-electron chi connectivity index (χ0n) is 7.66. The van der Waals surface area contributed by atoms with Crippen molar-refractivity contribution < 1.29 is 0 Å². The number of fused-ring (bicyclic) bond motifs is 1. The van der Waals surface area contributed by atoms with Crippen LogP contribution in [0, 0.1) is 0 Å². The average molecular weight is 217 g/mol. The Morgan fingerprint density at radius 2 is 2.27 bits per heavy atom. The summed E-state index contributed by atoms with van der Waals surface area (Å²) in [6, 6.07) is 3.72. The standard InChI is InChI=1S/C9H7N5S/c10-9-12-7(5-15-9)6-4-8-11-2-1-3-14(8)13-6/h1-5H,(H2,10,12). The number of anilines is 1. The molecule has 0 aromatic carbocycles. The maximum absolute atomic E-state index is 5.57. The number of nitrogen functional groups attached to an aromatic ring is 1. The highest BCUT2D eigenvalue weighted by atomic mass is 32.1. The molecule has 0 unspecified atom stereocenters. The molecule has 0 radical (unpaired) electrons. The molecule has 3 aromatic rings. The first-order valence-corrected chi connectivity index (χ1v) is 5.23. The van der Waals surface area contributed by atoms with Gasteiger partial charge < -0.3 is 5.73 Å². The predicted molar refractivity (Wildman–Crippen MR) is 58.5 cm³/mol. The first-order valence-electron chi connectivity index (χ1n) is 4.35. The van der Waals surface area contributed by atoms with E-state index in [-0.39, 0.29) is 0 Å². The molecule has 0 amide bonds. The van der Waals surface area contributed by atoms with E-state index >= 15 is 0 Å².